The SMILES string of the molecule is Cc1ccc2c(c1)NC(CC(=O)O)C(=O)N2C. The second-order valence-corrected chi connectivity index (χ2v) is 4.21. The number of benzene rings is 1. The van der Waals surface area contributed by atoms with Crippen LogP contribution in [-0.4, -0.2) is 30.1 Å². The molecule has 0 saturated carbocycles. The predicted octanol–water partition coefficient (Wildman–Crippen LogP) is 1.23. The summed E-state index contributed by atoms with van der Waals surface area (Å²) in [5.41, 5.74) is 2.65. The van der Waals surface area contributed by atoms with E-state index in [4.69, 9.17) is 5.11 Å². The van der Waals surface area contributed by atoms with E-state index in [0.29, 0.717) is 0 Å². The van der Waals surface area contributed by atoms with Crippen LogP contribution in [0.25, 0.3) is 0 Å². The molecule has 5 nitrogen and oxygen atoms in total. The minimum absolute atomic E-state index is 0.212. The van der Waals surface area contributed by atoms with Gasteiger partial charge in [0.05, 0.1) is 17.8 Å². The van der Waals surface area contributed by atoms with E-state index < -0.39 is 12.0 Å². The van der Waals surface area contributed by atoms with Crippen LogP contribution in [0.5, 0.6) is 0 Å². The highest BCUT2D eigenvalue weighted by Gasteiger charge is 2.31. The highest BCUT2D eigenvalue weighted by molar-refractivity contribution is 6.05. The van der Waals surface area contributed by atoms with Crippen molar-refractivity contribution in [2.75, 3.05) is 17.3 Å². The van der Waals surface area contributed by atoms with Gasteiger partial charge in [-0.1, -0.05) is 6.07 Å². The molecule has 0 spiro atoms. The van der Waals surface area contributed by atoms with Crippen LogP contribution in [0.1, 0.15) is 12.0 Å². The zero-order valence-corrected chi connectivity index (χ0v) is 9.73. The fraction of sp³-hybridized carbons (Fsp3) is 0.333. The molecule has 5 heteroatoms. The number of carboxylic acids is 1. The van der Waals surface area contributed by atoms with Crippen LogP contribution in [-0.2, 0) is 9.59 Å². The lowest BCUT2D eigenvalue weighted by molar-refractivity contribution is -0.138. The third-order valence-corrected chi connectivity index (χ3v) is 2.85. The molecule has 1 heterocycles. The summed E-state index contributed by atoms with van der Waals surface area (Å²) in [5.74, 6) is -1.20. The van der Waals surface area contributed by atoms with Gasteiger partial charge in [-0.2, -0.15) is 0 Å². The Morgan fingerprint density at radius 3 is 2.88 bits per heavy atom. The molecule has 1 amide bonds. The highest BCUT2D eigenvalue weighted by atomic mass is 16.4. The smallest absolute Gasteiger partial charge is 0.305 e. The van der Waals surface area contributed by atoms with Gasteiger partial charge in [-0.05, 0) is 24.6 Å². The van der Waals surface area contributed by atoms with Gasteiger partial charge in [0.2, 0.25) is 5.91 Å². The molecular weight excluding hydrogens is 220 g/mol. The first-order valence-electron chi connectivity index (χ1n) is 5.35. The van der Waals surface area contributed by atoms with E-state index in [2.05, 4.69) is 5.32 Å². The van der Waals surface area contributed by atoms with Gasteiger partial charge in [0, 0.05) is 7.05 Å². The molecule has 1 aliphatic heterocycles. The van der Waals surface area contributed by atoms with Gasteiger partial charge in [0.25, 0.3) is 0 Å². The van der Waals surface area contributed by atoms with E-state index in [0.717, 1.165) is 16.9 Å². The number of rotatable bonds is 2. The van der Waals surface area contributed by atoms with Crippen LogP contribution in [0.4, 0.5) is 11.4 Å². The number of fused-ring (bicyclic) bond motifs is 1. The molecule has 0 saturated heterocycles. The Bertz CT molecular complexity index is 485. The molecule has 1 aromatic rings. The van der Waals surface area contributed by atoms with Crippen LogP contribution in [0.3, 0.4) is 0 Å². The Labute approximate surface area is 99.0 Å². The number of hydrogen-bond donors (Lipinski definition) is 2. The van der Waals surface area contributed by atoms with Crippen LogP contribution in [0.2, 0.25) is 0 Å². The van der Waals surface area contributed by atoms with E-state index in [1.165, 1.54) is 4.90 Å². The monoisotopic (exact) mass is 234 g/mol. The van der Waals surface area contributed by atoms with E-state index >= 15 is 0 Å². The number of likely N-dealkylation sites (N-methyl/N-ethyl adjacent to an activating group) is 1. The summed E-state index contributed by atoms with van der Waals surface area (Å²) >= 11 is 0. The molecule has 0 aromatic heterocycles. The summed E-state index contributed by atoms with van der Waals surface area (Å²) < 4.78 is 0. The second-order valence-electron chi connectivity index (χ2n) is 4.21. The van der Waals surface area contributed by atoms with Crippen molar-refractivity contribution in [3.05, 3.63) is 23.8 Å². The Hall–Kier alpha value is -2.04. The van der Waals surface area contributed by atoms with Crippen molar-refractivity contribution >= 4 is 23.3 Å². The number of nitrogens with one attached hydrogen (secondary N) is 1. The van der Waals surface area contributed by atoms with Gasteiger partial charge in [-0.15, -0.1) is 0 Å². The van der Waals surface area contributed by atoms with Crippen LogP contribution < -0.4 is 10.2 Å². The fourth-order valence-electron chi connectivity index (χ4n) is 1.97. The first kappa shape index (κ1) is 11.4. The van der Waals surface area contributed by atoms with Crippen LogP contribution >= 0.6 is 0 Å². The minimum Gasteiger partial charge on any atom is -0.481 e. The Morgan fingerprint density at radius 2 is 2.24 bits per heavy atom. The number of carboxylic acid groups (broad SMARTS) is 1. The fourth-order valence-corrected chi connectivity index (χ4v) is 1.97. The molecule has 0 fully saturated rings. The largest absolute Gasteiger partial charge is 0.481 e. The lowest BCUT2D eigenvalue weighted by atomic mass is 10.1. The number of hydrogen-bond acceptors (Lipinski definition) is 3. The van der Waals surface area contributed by atoms with Crippen molar-refractivity contribution in [1.82, 2.24) is 0 Å². The molecule has 2 rings (SSSR count). The second kappa shape index (κ2) is 4.08. The molecule has 0 aliphatic carbocycles. The summed E-state index contributed by atoms with van der Waals surface area (Å²) in [5, 5.41) is 11.7. The van der Waals surface area contributed by atoms with Crippen LogP contribution in [0.15, 0.2) is 18.2 Å². The maximum atomic E-state index is 11.9. The van der Waals surface area contributed by atoms with Crippen molar-refractivity contribution in [3.63, 3.8) is 0 Å². The molecule has 1 aromatic carbocycles. The number of anilines is 2. The predicted molar refractivity (Wildman–Crippen MR) is 64.3 cm³/mol. The molecule has 0 bridgehead atoms. The number of aryl methyl sites for hydroxylation is 1. The zero-order chi connectivity index (χ0) is 12.6. The van der Waals surface area contributed by atoms with Crippen LogP contribution in [0, 0.1) is 6.92 Å². The molecule has 90 valence electrons. The molecule has 0 radical (unpaired) electrons. The van der Waals surface area contributed by atoms with Crippen molar-refractivity contribution in [2.45, 2.75) is 19.4 Å². The number of carbonyl (C=O) groups is 2. The van der Waals surface area contributed by atoms with Crippen molar-refractivity contribution < 1.29 is 14.7 Å². The van der Waals surface area contributed by atoms with E-state index in [9.17, 15) is 9.59 Å². The zero-order valence-electron chi connectivity index (χ0n) is 9.73. The molecule has 1 aliphatic rings. The average molecular weight is 234 g/mol. The summed E-state index contributed by atoms with van der Waals surface area (Å²) in [6, 6.07) is 4.99. The number of carbonyl (C=O) groups excluding carboxylic acids is 1. The topological polar surface area (TPSA) is 69.6 Å². The maximum absolute atomic E-state index is 11.9. The molecule has 1 atom stereocenters. The Kier molecular flexibility index (Phi) is 2.75. The molecule has 17 heavy (non-hydrogen) atoms. The number of aliphatic carboxylic acids is 1. The van der Waals surface area contributed by atoms with Crippen molar-refractivity contribution in [1.29, 1.82) is 0 Å². The molecule has 2 N–H and O–H groups in total. The van der Waals surface area contributed by atoms with E-state index in [1.807, 2.05) is 25.1 Å². The quantitative estimate of drug-likeness (QED) is 0.807. The standard InChI is InChI=1S/C12H14N2O3/c1-7-3-4-10-8(5-7)13-9(6-11(15)16)12(17)14(10)2/h3-5,9,13H,6H2,1-2H3,(H,15,16). The Balaban J connectivity index is 2.36. The first-order valence-corrected chi connectivity index (χ1v) is 5.35. The first-order chi connectivity index (χ1) is 7.99. The molecule has 1 unspecified atom stereocenters. The van der Waals surface area contributed by atoms with Gasteiger partial charge in [0.1, 0.15) is 6.04 Å². The van der Waals surface area contributed by atoms with Gasteiger partial charge in [0.15, 0.2) is 0 Å². The molecular formula is C12H14N2O3. The third kappa shape index (κ3) is 2.08. The lowest BCUT2D eigenvalue weighted by Gasteiger charge is -2.32. The third-order valence-electron chi connectivity index (χ3n) is 2.85. The van der Waals surface area contributed by atoms with Gasteiger partial charge >= 0.3 is 5.97 Å². The van der Waals surface area contributed by atoms with Crippen molar-refractivity contribution in [2.24, 2.45) is 0 Å². The van der Waals surface area contributed by atoms with Gasteiger partial charge < -0.3 is 15.3 Å². The highest BCUT2D eigenvalue weighted by Crippen LogP contribution is 2.31. The normalized spacial score (nSPS) is 18.6. The summed E-state index contributed by atoms with van der Waals surface area (Å²) in [6.07, 6.45) is -0.212. The maximum Gasteiger partial charge on any atom is 0.305 e. The summed E-state index contributed by atoms with van der Waals surface area (Å²) in [6.45, 7) is 1.95. The summed E-state index contributed by atoms with van der Waals surface area (Å²) in [7, 11) is 1.66. The Morgan fingerprint density at radius 1 is 1.53 bits per heavy atom. The average Bonchev–Trinajstić information content (AvgIpc) is 2.24. The van der Waals surface area contributed by atoms with Crippen molar-refractivity contribution in [3.8, 4) is 0 Å². The van der Waals surface area contributed by atoms with E-state index in [1.54, 1.807) is 7.05 Å². The number of amides is 1. The summed E-state index contributed by atoms with van der Waals surface area (Å²) in [4.78, 5) is 24.1. The van der Waals surface area contributed by atoms with E-state index in [-0.39, 0.29) is 12.3 Å². The lowest BCUT2D eigenvalue weighted by Crippen LogP contribution is -2.46. The number of nitrogens with zero attached hydrogens (tertiary/aromatic N) is 1. The van der Waals surface area contributed by atoms with Gasteiger partial charge in [-0.25, -0.2) is 0 Å². The van der Waals surface area contributed by atoms with Gasteiger partial charge in [-0.3, -0.25) is 9.59 Å². The minimum atomic E-state index is -0.986.